The van der Waals surface area contributed by atoms with Gasteiger partial charge in [0.1, 0.15) is 24.1 Å². The third-order valence-electron chi connectivity index (χ3n) is 5.98. The van der Waals surface area contributed by atoms with E-state index >= 15 is 0 Å². The maximum absolute atomic E-state index is 14.9. The highest BCUT2D eigenvalue weighted by Crippen LogP contribution is 2.53. The monoisotopic (exact) mass is 465 g/mol. The van der Waals surface area contributed by atoms with Gasteiger partial charge >= 0.3 is 7.60 Å². The number of aromatic amines is 1. The zero-order chi connectivity index (χ0) is 23.7. The summed E-state index contributed by atoms with van der Waals surface area (Å²) < 4.78 is 44.1. The van der Waals surface area contributed by atoms with E-state index in [4.69, 9.17) is 14.0 Å². The molecule has 1 aliphatic heterocycles. The van der Waals surface area contributed by atoms with Gasteiger partial charge in [-0.1, -0.05) is 13.8 Å². The van der Waals surface area contributed by atoms with Crippen LogP contribution in [0.5, 0.6) is 0 Å². The molecule has 2 rings (SSSR count). The fraction of sp³-hybridized carbons (Fsp3) is 0.750. The minimum absolute atomic E-state index is 0.00892. The first-order valence-electron chi connectivity index (χ1n) is 10.3. The van der Waals surface area contributed by atoms with E-state index in [1.807, 2.05) is 0 Å². The highest BCUT2D eigenvalue weighted by atomic mass is 31.2. The van der Waals surface area contributed by atoms with E-state index in [1.165, 1.54) is 21.0 Å². The van der Waals surface area contributed by atoms with Crippen LogP contribution < -0.4 is 5.56 Å². The summed E-state index contributed by atoms with van der Waals surface area (Å²) in [6, 6.07) is 0. The molecule has 1 aliphatic rings. The van der Waals surface area contributed by atoms with Crippen molar-refractivity contribution in [1.29, 1.82) is 0 Å². The van der Waals surface area contributed by atoms with Crippen LogP contribution in [0, 0.1) is 19.7 Å². The van der Waals surface area contributed by atoms with Crippen LogP contribution in [0.4, 0.5) is 4.39 Å². The van der Waals surface area contributed by atoms with E-state index in [9.17, 15) is 28.9 Å². The summed E-state index contributed by atoms with van der Waals surface area (Å²) in [6.45, 7) is 7.75. The minimum atomic E-state index is -4.33. The second-order valence-electron chi connectivity index (χ2n) is 8.27. The quantitative estimate of drug-likeness (QED) is 0.408. The van der Waals surface area contributed by atoms with Crippen LogP contribution in [0.3, 0.4) is 0 Å². The number of aromatic nitrogens is 1. The molecule has 0 aromatic carbocycles. The van der Waals surface area contributed by atoms with Gasteiger partial charge in [-0.2, -0.15) is 0 Å². The Bertz CT molecular complexity index is 893. The average Bonchev–Trinajstić information content (AvgIpc) is 2.99. The van der Waals surface area contributed by atoms with Gasteiger partial charge in [-0.3, -0.25) is 9.36 Å². The lowest BCUT2D eigenvalue weighted by Crippen LogP contribution is -2.39. The summed E-state index contributed by atoms with van der Waals surface area (Å²) in [7, 11) is -2.98. The summed E-state index contributed by atoms with van der Waals surface area (Å²) in [4.78, 5) is 24.5. The molecule has 1 aromatic heterocycles. The lowest BCUT2D eigenvalue weighted by molar-refractivity contribution is -0.0501. The minimum Gasteiger partial charge on any atom is -0.388 e. The number of hydrogen-bond donors (Lipinski definition) is 4. The van der Waals surface area contributed by atoms with Crippen LogP contribution in [0.2, 0.25) is 0 Å². The van der Waals surface area contributed by atoms with Crippen molar-refractivity contribution in [3.05, 3.63) is 33.0 Å². The number of nitrogens with one attached hydrogen (secondary N) is 1. The number of H-pyrrole nitrogens is 1. The molecule has 2 heterocycles. The zero-order valence-electron chi connectivity index (χ0n) is 18.7. The molecular weight excluding hydrogens is 432 g/mol. The van der Waals surface area contributed by atoms with Crippen molar-refractivity contribution in [2.45, 2.75) is 89.7 Å². The zero-order valence-corrected chi connectivity index (χ0v) is 19.6. The first-order chi connectivity index (χ1) is 14.3. The van der Waals surface area contributed by atoms with Gasteiger partial charge in [0.15, 0.2) is 5.85 Å². The number of rotatable bonds is 9. The Morgan fingerprint density at radius 3 is 2.48 bits per heavy atom. The van der Waals surface area contributed by atoms with Crippen molar-refractivity contribution < 1.29 is 38.1 Å². The molecule has 0 saturated carbocycles. The van der Waals surface area contributed by atoms with E-state index < -0.39 is 54.8 Å². The predicted molar refractivity (Wildman–Crippen MR) is 111 cm³/mol. The van der Waals surface area contributed by atoms with Crippen molar-refractivity contribution in [2.75, 3.05) is 7.11 Å². The third-order valence-corrected chi connectivity index (χ3v) is 7.80. The van der Waals surface area contributed by atoms with Crippen LogP contribution >= 0.6 is 7.60 Å². The summed E-state index contributed by atoms with van der Waals surface area (Å²) >= 11 is 0. The van der Waals surface area contributed by atoms with Crippen molar-refractivity contribution in [3.8, 4) is 0 Å². The Labute approximate surface area is 181 Å². The number of hydrogen-bond acceptors (Lipinski definition) is 7. The van der Waals surface area contributed by atoms with Crippen molar-refractivity contribution in [3.63, 3.8) is 0 Å². The standard InChI is InChI=1S/C20H33FNO8P/c1-7-13(23)31(26,27)30-20(5,8-2)9-12-16(24)18(28-6)17(29-12)14-11(4)22-19(25)10(3)15(14)21/h12-13,16-18,23-24H,7-9H2,1-6H3,(H,22,25)(H,26,27)/t12-,13?,16?,17+,18+,20?/m1/s1. The molecule has 7 atom stereocenters. The van der Waals surface area contributed by atoms with Crippen molar-refractivity contribution >= 4 is 7.60 Å². The number of aryl methyl sites for hydroxylation is 1. The van der Waals surface area contributed by atoms with Crippen molar-refractivity contribution in [1.82, 2.24) is 4.98 Å². The molecule has 11 heteroatoms. The second kappa shape index (κ2) is 9.79. The number of ether oxygens (including phenoxy) is 2. The summed E-state index contributed by atoms with van der Waals surface area (Å²) in [5.41, 5.74) is -1.53. The Balaban J connectivity index is 2.35. The Kier molecular flexibility index (Phi) is 8.25. The normalized spacial score (nSPS) is 28.8. The molecule has 0 radical (unpaired) electrons. The number of pyridine rings is 1. The molecule has 0 spiro atoms. The van der Waals surface area contributed by atoms with Crippen LogP contribution in [-0.4, -0.2) is 57.0 Å². The molecule has 9 nitrogen and oxygen atoms in total. The van der Waals surface area contributed by atoms with Crippen LogP contribution in [0.25, 0.3) is 0 Å². The lowest BCUT2D eigenvalue weighted by atomic mass is 9.91. The highest BCUT2D eigenvalue weighted by Gasteiger charge is 2.50. The fourth-order valence-corrected chi connectivity index (χ4v) is 5.23. The van der Waals surface area contributed by atoms with E-state index in [-0.39, 0.29) is 36.1 Å². The third kappa shape index (κ3) is 5.27. The van der Waals surface area contributed by atoms with Crippen LogP contribution in [0.15, 0.2) is 4.79 Å². The van der Waals surface area contributed by atoms with Crippen LogP contribution in [-0.2, 0) is 18.6 Å². The first kappa shape index (κ1) is 26.1. The second-order valence-corrected chi connectivity index (χ2v) is 10.2. The SMILES string of the molecule is CCC(O)P(=O)(O)OC(C)(CC)C[C@H]1O[C@@H](c2c(C)[nH]c(=O)c(C)c2F)[C@@H](OC)C1O. The Morgan fingerprint density at radius 2 is 1.97 bits per heavy atom. The van der Waals surface area contributed by atoms with Gasteiger partial charge in [0.05, 0.1) is 17.3 Å². The molecule has 1 fully saturated rings. The number of aliphatic hydroxyl groups excluding tert-OH is 2. The van der Waals surface area contributed by atoms with Gasteiger partial charge in [0.2, 0.25) is 0 Å². The van der Waals surface area contributed by atoms with Gasteiger partial charge in [0, 0.05) is 24.8 Å². The topological polar surface area (TPSA) is 138 Å². The molecule has 0 aliphatic carbocycles. The highest BCUT2D eigenvalue weighted by molar-refractivity contribution is 7.53. The predicted octanol–water partition coefficient (Wildman–Crippen LogP) is 2.44. The van der Waals surface area contributed by atoms with E-state index in [0.717, 1.165) is 0 Å². The molecule has 178 valence electrons. The number of methoxy groups -OCH3 is 1. The molecule has 1 saturated heterocycles. The maximum atomic E-state index is 14.9. The first-order valence-corrected chi connectivity index (χ1v) is 11.9. The van der Waals surface area contributed by atoms with Gasteiger partial charge in [-0.15, -0.1) is 0 Å². The summed E-state index contributed by atoms with van der Waals surface area (Å²) in [5, 5.41) is 20.6. The largest absolute Gasteiger partial charge is 0.388 e. The van der Waals surface area contributed by atoms with Gasteiger partial charge in [-0.05, 0) is 33.6 Å². The van der Waals surface area contributed by atoms with Crippen LogP contribution in [0.1, 0.15) is 63.0 Å². The number of halogens is 1. The smallest absolute Gasteiger partial charge is 0.356 e. The molecule has 4 unspecified atom stereocenters. The van der Waals surface area contributed by atoms with Gasteiger partial charge in [-0.25, -0.2) is 4.39 Å². The summed E-state index contributed by atoms with van der Waals surface area (Å²) in [5.74, 6) is -2.27. The average molecular weight is 465 g/mol. The van der Waals surface area contributed by atoms with E-state index in [1.54, 1.807) is 20.8 Å². The Hall–Kier alpha value is -1.13. The van der Waals surface area contributed by atoms with E-state index in [0.29, 0.717) is 0 Å². The molecule has 0 amide bonds. The molecule has 4 N–H and O–H groups in total. The molecular formula is C20H33FNO8P. The molecule has 0 bridgehead atoms. The van der Waals surface area contributed by atoms with Gasteiger partial charge < -0.3 is 34.1 Å². The summed E-state index contributed by atoms with van der Waals surface area (Å²) in [6.07, 6.45) is -3.74. The molecule has 31 heavy (non-hydrogen) atoms. The number of aliphatic hydroxyl groups is 2. The van der Waals surface area contributed by atoms with Gasteiger partial charge in [0.25, 0.3) is 5.56 Å². The maximum Gasteiger partial charge on any atom is 0.356 e. The lowest BCUT2D eigenvalue weighted by Gasteiger charge is -2.34. The molecule has 1 aromatic rings. The fourth-order valence-electron chi connectivity index (χ4n) is 3.82. The van der Waals surface area contributed by atoms with E-state index in [2.05, 4.69) is 4.98 Å². The Morgan fingerprint density at radius 1 is 1.35 bits per heavy atom. The van der Waals surface area contributed by atoms with Crippen molar-refractivity contribution in [2.24, 2.45) is 0 Å².